The molecule has 0 heterocycles. The number of anilines is 1. The lowest BCUT2D eigenvalue weighted by Gasteiger charge is -2.18. The minimum atomic E-state index is -1.78. The Morgan fingerprint density at radius 3 is 2.06 bits per heavy atom. The van der Waals surface area contributed by atoms with Gasteiger partial charge in [-0.25, -0.2) is 0 Å². The number of aliphatic hydroxyl groups excluding tert-OH is 2. The molecule has 1 rings (SSSR count). The van der Waals surface area contributed by atoms with E-state index in [0.29, 0.717) is 5.69 Å². The first-order chi connectivity index (χ1) is 7.34. The van der Waals surface area contributed by atoms with Crippen molar-refractivity contribution >= 4 is 34.8 Å². The molecule has 0 saturated carbocycles. The fourth-order valence-electron chi connectivity index (χ4n) is 1.20. The normalized spacial score (nSPS) is 14.5. The summed E-state index contributed by atoms with van der Waals surface area (Å²) in [5.74, 6) is -1.07. The average molecular weight is 265 g/mol. The maximum absolute atomic E-state index is 10.7. The molecule has 0 aliphatic carbocycles. The van der Waals surface area contributed by atoms with Gasteiger partial charge in [0.2, 0.25) is 5.91 Å². The summed E-state index contributed by atoms with van der Waals surface area (Å²) in [7, 11) is 0. The molecule has 6 N–H and O–H groups in total. The quantitative estimate of drug-likeness (QED) is 0.595. The number of halogens is 2. The number of amides is 1. The Bertz CT molecular complexity index is 402. The molecular formula is C9H10Cl2N2O3. The number of hydrogen-bond acceptors (Lipinski definition) is 4. The number of aliphatic hydroxyl groups is 2. The van der Waals surface area contributed by atoms with Gasteiger partial charge < -0.3 is 21.7 Å². The summed E-state index contributed by atoms with van der Waals surface area (Å²) in [5.41, 5.74) is 10.6. The Balaban J connectivity index is 3.18. The van der Waals surface area contributed by atoms with Gasteiger partial charge in [0.15, 0.2) is 6.10 Å². The van der Waals surface area contributed by atoms with Crippen molar-refractivity contribution in [3.8, 4) is 0 Å². The molecule has 0 spiro atoms. The highest BCUT2D eigenvalue weighted by Crippen LogP contribution is 2.34. The van der Waals surface area contributed by atoms with E-state index in [4.69, 9.17) is 34.7 Å². The first-order valence-corrected chi connectivity index (χ1v) is 5.00. The van der Waals surface area contributed by atoms with Crippen molar-refractivity contribution in [2.75, 3.05) is 5.73 Å². The van der Waals surface area contributed by atoms with Crippen molar-refractivity contribution in [3.63, 3.8) is 0 Å². The number of hydrogen-bond donors (Lipinski definition) is 4. The zero-order chi connectivity index (χ0) is 12.5. The fraction of sp³-hybridized carbons (Fsp3) is 0.222. The predicted molar refractivity (Wildman–Crippen MR) is 61.0 cm³/mol. The number of carbonyl (C=O) groups excluding carboxylic acids is 1. The highest BCUT2D eigenvalue weighted by molar-refractivity contribution is 6.36. The van der Waals surface area contributed by atoms with Gasteiger partial charge in [-0.2, -0.15) is 0 Å². The van der Waals surface area contributed by atoms with Gasteiger partial charge in [-0.15, -0.1) is 0 Å². The van der Waals surface area contributed by atoms with Crippen molar-refractivity contribution in [3.05, 3.63) is 27.7 Å². The van der Waals surface area contributed by atoms with E-state index in [0.717, 1.165) is 0 Å². The first kappa shape index (κ1) is 13.1. The lowest BCUT2D eigenvalue weighted by atomic mass is 10.0. The van der Waals surface area contributed by atoms with Gasteiger partial charge in [0.1, 0.15) is 6.10 Å². The topological polar surface area (TPSA) is 110 Å². The predicted octanol–water partition coefficient (Wildman–Crippen LogP) is 0.455. The second-order valence-corrected chi connectivity index (χ2v) is 4.00. The highest BCUT2D eigenvalue weighted by Gasteiger charge is 2.27. The number of benzene rings is 1. The van der Waals surface area contributed by atoms with Crippen LogP contribution in [0.4, 0.5) is 5.69 Å². The molecule has 7 heteroatoms. The molecule has 0 bridgehead atoms. The Hall–Kier alpha value is -1.01. The number of nitrogens with two attached hydrogens (primary N) is 2. The zero-order valence-corrected chi connectivity index (χ0v) is 9.53. The van der Waals surface area contributed by atoms with Gasteiger partial charge in [-0.3, -0.25) is 4.79 Å². The van der Waals surface area contributed by atoms with E-state index in [2.05, 4.69) is 0 Å². The van der Waals surface area contributed by atoms with Gasteiger partial charge >= 0.3 is 0 Å². The Morgan fingerprint density at radius 2 is 1.69 bits per heavy atom. The minimum Gasteiger partial charge on any atom is -0.399 e. The molecule has 1 aromatic rings. The van der Waals surface area contributed by atoms with Crippen molar-refractivity contribution < 1.29 is 15.0 Å². The van der Waals surface area contributed by atoms with Crippen LogP contribution in [0, 0.1) is 0 Å². The average Bonchev–Trinajstić information content (AvgIpc) is 2.14. The summed E-state index contributed by atoms with van der Waals surface area (Å²) in [6.45, 7) is 0. The van der Waals surface area contributed by atoms with Crippen LogP contribution in [0.25, 0.3) is 0 Å². The third kappa shape index (κ3) is 2.56. The van der Waals surface area contributed by atoms with E-state index in [1.165, 1.54) is 12.1 Å². The Labute approximate surface area is 102 Å². The molecule has 0 aliphatic heterocycles. The van der Waals surface area contributed by atoms with Gasteiger partial charge in [-0.05, 0) is 12.1 Å². The molecule has 2 unspecified atom stereocenters. The number of carbonyl (C=O) groups is 1. The monoisotopic (exact) mass is 264 g/mol. The van der Waals surface area contributed by atoms with Gasteiger partial charge in [0.25, 0.3) is 0 Å². The first-order valence-electron chi connectivity index (χ1n) is 4.24. The standard InChI is InChI=1S/C9H10Cl2N2O3/c10-4-1-3(12)2-5(11)6(4)7(14)8(15)9(13)16/h1-2,7-8,14-15H,12H2,(H2,13,16). The highest BCUT2D eigenvalue weighted by atomic mass is 35.5. The fourth-order valence-corrected chi connectivity index (χ4v) is 1.93. The van der Waals surface area contributed by atoms with E-state index < -0.39 is 18.1 Å². The summed E-state index contributed by atoms with van der Waals surface area (Å²) >= 11 is 11.6. The third-order valence-corrected chi connectivity index (χ3v) is 2.61. The van der Waals surface area contributed by atoms with Crippen LogP contribution in [-0.2, 0) is 4.79 Å². The molecule has 1 aromatic carbocycles. The van der Waals surface area contributed by atoms with Crippen molar-refractivity contribution in [1.82, 2.24) is 0 Å². The molecule has 16 heavy (non-hydrogen) atoms. The maximum atomic E-state index is 10.7. The van der Waals surface area contributed by atoms with Gasteiger partial charge in [0, 0.05) is 11.3 Å². The van der Waals surface area contributed by atoms with Crippen LogP contribution in [0.2, 0.25) is 10.0 Å². The smallest absolute Gasteiger partial charge is 0.249 e. The van der Waals surface area contributed by atoms with Crippen LogP contribution in [0.3, 0.4) is 0 Å². The summed E-state index contributed by atoms with van der Waals surface area (Å²) in [4.78, 5) is 10.7. The molecule has 0 fully saturated rings. The van der Waals surface area contributed by atoms with Crippen LogP contribution in [0.15, 0.2) is 12.1 Å². The Morgan fingerprint density at radius 1 is 1.25 bits per heavy atom. The molecule has 1 amide bonds. The second kappa shape index (κ2) is 4.88. The van der Waals surface area contributed by atoms with E-state index >= 15 is 0 Å². The van der Waals surface area contributed by atoms with Crippen LogP contribution < -0.4 is 11.5 Å². The van der Waals surface area contributed by atoms with Gasteiger partial charge in [-0.1, -0.05) is 23.2 Å². The van der Waals surface area contributed by atoms with Crippen LogP contribution in [0.5, 0.6) is 0 Å². The van der Waals surface area contributed by atoms with Crippen molar-refractivity contribution in [2.45, 2.75) is 12.2 Å². The molecule has 0 saturated heterocycles. The van der Waals surface area contributed by atoms with Crippen LogP contribution in [-0.4, -0.2) is 22.2 Å². The largest absolute Gasteiger partial charge is 0.399 e. The molecule has 0 aromatic heterocycles. The SMILES string of the molecule is NC(=O)C(O)C(O)c1c(Cl)cc(N)cc1Cl. The molecule has 88 valence electrons. The van der Waals surface area contributed by atoms with E-state index in [9.17, 15) is 15.0 Å². The van der Waals surface area contributed by atoms with Crippen molar-refractivity contribution in [2.24, 2.45) is 5.73 Å². The number of primary amides is 1. The summed E-state index contributed by atoms with van der Waals surface area (Å²) in [5, 5.41) is 19.1. The molecule has 0 aliphatic rings. The molecule has 0 radical (unpaired) electrons. The minimum absolute atomic E-state index is 0.0174. The second-order valence-electron chi connectivity index (χ2n) is 3.19. The van der Waals surface area contributed by atoms with E-state index in [1.807, 2.05) is 0 Å². The number of rotatable bonds is 3. The lowest BCUT2D eigenvalue weighted by molar-refractivity contribution is -0.131. The van der Waals surface area contributed by atoms with Crippen molar-refractivity contribution in [1.29, 1.82) is 0 Å². The maximum Gasteiger partial charge on any atom is 0.249 e. The molecule has 5 nitrogen and oxygen atoms in total. The summed E-state index contributed by atoms with van der Waals surface area (Å²) in [6, 6.07) is 2.69. The summed E-state index contributed by atoms with van der Waals surface area (Å²) in [6.07, 6.45) is -3.36. The molecule has 2 atom stereocenters. The van der Waals surface area contributed by atoms with E-state index in [-0.39, 0.29) is 15.6 Å². The van der Waals surface area contributed by atoms with Crippen LogP contribution >= 0.6 is 23.2 Å². The molecular weight excluding hydrogens is 255 g/mol. The van der Waals surface area contributed by atoms with Gasteiger partial charge in [0.05, 0.1) is 10.0 Å². The van der Waals surface area contributed by atoms with E-state index in [1.54, 1.807) is 0 Å². The van der Waals surface area contributed by atoms with Crippen LogP contribution in [0.1, 0.15) is 11.7 Å². The summed E-state index contributed by atoms with van der Waals surface area (Å²) < 4.78 is 0. The lowest BCUT2D eigenvalue weighted by Crippen LogP contribution is -2.34. The number of nitrogen functional groups attached to an aromatic ring is 1. The third-order valence-electron chi connectivity index (χ3n) is 1.99. The zero-order valence-electron chi connectivity index (χ0n) is 8.02. The Kier molecular flexibility index (Phi) is 3.98.